The second kappa shape index (κ2) is 9.77. The molecule has 1 unspecified atom stereocenters. The summed E-state index contributed by atoms with van der Waals surface area (Å²) in [4.78, 5) is 32.6. The quantitative estimate of drug-likeness (QED) is 0.545. The Labute approximate surface area is 199 Å². The number of hydrogen-bond acceptors (Lipinski definition) is 5. The monoisotopic (exact) mass is 456 g/mol. The average molecular weight is 457 g/mol. The number of para-hydroxylation sites is 1. The number of morpholine rings is 1. The molecule has 1 saturated heterocycles. The lowest BCUT2D eigenvalue weighted by Gasteiger charge is -2.27. The summed E-state index contributed by atoms with van der Waals surface area (Å²) in [5, 5.41) is 0.762. The first-order chi connectivity index (χ1) is 16.6. The SMILES string of the molecule is CC1CC(=Cc2ccccc2)c2nc3ccccc3c(C(=O)OCC(=O)N3CCOCC3)c2C1. The van der Waals surface area contributed by atoms with Crippen LogP contribution in [0.5, 0.6) is 0 Å². The van der Waals surface area contributed by atoms with E-state index in [1.165, 1.54) is 0 Å². The molecule has 0 spiro atoms. The Bertz CT molecular complexity index is 1250. The minimum Gasteiger partial charge on any atom is -0.452 e. The molecule has 0 N–H and O–H groups in total. The van der Waals surface area contributed by atoms with Gasteiger partial charge in [-0.1, -0.05) is 55.5 Å². The van der Waals surface area contributed by atoms with Crippen LogP contribution in [-0.4, -0.2) is 54.7 Å². The highest BCUT2D eigenvalue weighted by Crippen LogP contribution is 2.38. The second-order valence-electron chi connectivity index (χ2n) is 8.99. The van der Waals surface area contributed by atoms with Crippen molar-refractivity contribution < 1.29 is 19.1 Å². The third kappa shape index (κ3) is 4.59. The number of carbonyl (C=O) groups is 2. The van der Waals surface area contributed by atoms with Crippen LogP contribution in [0.2, 0.25) is 0 Å². The minimum atomic E-state index is -0.468. The van der Waals surface area contributed by atoms with Crippen LogP contribution in [0.1, 0.15) is 40.5 Å². The molecule has 174 valence electrons. The van der Waals surface area contributed by atoms with Crippen molar-refractivity contribution in [3.8, 4) is 0 Å². The van der Waals surface area contributed by atoms with Crippen molar-refractivity contribution in [1.82, 2.24) is 9.88 Å². The van der Waals surface area contributed by atoms with Crippen LogP contribution in [0.25, 0.3) is 22.6 Å². The van der Waals surface area contributed by atoms with Crippen LogP contribution in [0, 0.1) is 5.92 Å². The average Bonchev–Trinajstić information content (AvgIpc) is 2.87. The number of fused-ring (bicyclic) bond motifs is 2. The van der Waals surface area contributed by atoms with Crippen molar-refractivity contribution in [2.24, 2.45) is 5.92 Å². The van der Waals surface area contributed by atoms with Gasteiger partial charge in [-0.25, -0.2) is 9.78 Å². The number of aromatic nitrogens is 1. The molecule has 1 atom stereocenters. The van der Waals surface area contributed by atoms with E-state index in [0.717, 1.165) is 46.1 Å². The van der Waals surface area contributed by atoms with E-state index in [-0.39, 0.29) is 12.5 Å². The molecule has 3 aromatic rings. The van der Waals surface area contributed by atoms with Gasteiger partial charge in [0, 0.05) is 18.5 Å². The molecule has 1 aliphatic carbocycles. The maximum Gasteiger partial charge on any atom is 0.339 e. The number of benzene rings is 2. The molecule has 2 heterocycles. The molecule has 34 heavy (non-hydrogen) atoms. The molecule has 1 aliphatic heterocycles. The maximum absolute atomic E-state index is 13.4. The largest absolute Gasteiger partial charge is 0.452 e. The normalized spacial score (nSPS) is 19.1. The van der Waals surface area contributed by atoms with Gasteiger partial charge in [-0.05, 0) is 47.6 Å². The van der Waals surface area contributed by atoms with Gasteiger partial charge < -0.3 is 14.4 Å². The first kappa shape index (κ1) is 22.3. The molecule has 6 heteroatoms. The van der Waals surface area contributed by atoms with Gasteiger partial charge in [0.25, 0.3) is 5.91 Å². The summed E-state index contributed by atoms with van der Waals surface area (Å²) < 4.78 is 10.9. The number of esters is 1. The first-order valence-electron chi connectivity index (χ1n) is 11.8. The molecule has 2 aromatic carbocycles. The Kier molecular flexibility index (Phi) is 6.41. The van der Waals surface area contributed by atoms with Crippen LogP contribution >= 0.6 is 0 Å². The van der Waals surface area contributed by atoms with Gasteiger partial charge in [-0.15, -0.1) is 0 Å². The Morgan fingerprint density at radius 3 is 2.59 bits per heavy atom. The number of ether oxygens (including phenoxy) is 2. The van der Waals surface area contributed by atoms with Crippen molar-refractivity contribution in [1.29, 1.82) is 0 Å². The minimum absolute atomic E-state index is 0.193. The van der Waals surface area contributed by atoms with Gasteiger partial charge in [0.15, 0.2) is 6.61 Å². The van der Waals surface area contributed by atoms with Crippen molar-refractivity contribution in [3.63, 3.8) is 0 Å². The molecule has 0 radical (unpaired) electrons. The van der Waals surface area contributed by atoms with Crippen LogP contribution in [0.4, 0.5) is 0 Å². The Balaban J connectivity index is 1.52. The van der Waals surface area contributed by atoms with Crippen LogP contribution in [0.15, 0.2) is 54.6 Å². The molecule has 0 saturated carbocycles. The summed E-state index contributed by atoms with van der Waals surface area (Å²) in [6.45, 7) is 3.98. The number of carbonyl (C=O) groups excluding carboxylic acids is 2. The molecule has 1 fully saturated rings. The van der Waals surface area contributed by atoms with E-state index in [0.29, 0.717) is 37.8 Å². The number of nitrogens with zero attached hydrogens (tertiary/aromatic N) is 2. The van der Waals surface area contributed by atoms with Gasteiger partial charge in [0.05, 0.1) is 30.0 Å². The Morgan fingerprint density at radius 2 is 1.79 bits per heavy atom. The topological polar surface area (TPSA) is 68.7 Å². The number of rotatable bonds is 4. The van der Waals surface area contributed by atoms with Crippen molar-refractivity contribution in [2.45, 2.75) is 19.8 Å². The lowest BCUT2D eigenvalue weighted by molar-refractivity contribution is -0.138. The summed E-state index contributed by atoms with van der Waals surface area (Å²) in [6, 6.07) is 17.8. The Morgan fingerprint density at radius 1 is 1.06 bits per heavy atom. The van der Waals surface area contributed by atoms with Crippen molar-refractivity contribution in [3.05, 3.63) is 77.0 Å². The van der Waals surface area contributed by atoms with Gasteiger partial charge in [0.1, 0.15) is 0 Å². The van der Waals surface area contributed by atoms with E-state index in [2.05, 4.69) is 25.1 Å². The summed E-state index contributed by atoms with van der Waals surface area (Å²) in [5.41, 5.74) is 5.26. The van der Waals surface area contributed by atoms with E-state index in [1.54, 1.807) is 4.90 Å². The van der Waals surface area contributed by atoms with E-state index in [9.17, 15) is 9.59 Å². The molecule has 2 aliphatic rings. The maximum atomic E-state index is 13.4. The fourth-order valence-electron chi connectivity index (χ4n) is 4.82. The van der Waals surface area contributed by atoms with Crippen LogP contribution in [-0.2, 0) is 20.7 Å². The molecule has 6 nitrogen and oxygen atoms in total. The number of allylic oxidation sites excluding steroid dienone is 1. The van der Waals surface area contributed by atoms with E-state index in [4.69, 9.17) is 14.5 Å². The molecular formula is C28H28N2O4. The van der Waals surface area contributed by atoms with Gasteiger partial charge in [-0.2, -0.15) is 0 Å². The second-order valence-corrected chi connectivity index (χ2v) is 8.99. The zero-order valence-electron chi connectivity index (χ0n) is 19.3. The first-order valence-corrected chi connectivity index (χ1v) is 11.8. The van der Waals surface area contributed by atoms with Gasteiger partial charge in [-0.3, -0.25) is 4.79 Å². The summed E-state index contributed by atoms with van der Waals surface area (Å²) in [6.07, 6.45) is 3.78. The van der Waals surface area contributed by atoms with E-state index < -0.39 is 5.97 Å². The number of pyridine rings is 1. The Hall–Kier alpha value is -3.51. The van der Waals surface area contributed by atoms with E-state index >= 15 is 0 Å². The predicted octanol–water partition coefficient (Wildman–Crippen LogP) is 4.37. The lowest BCUT2D eigenvalue weighted by atomic mass is 9.80. The van der Waals surface area contributed by atoms with Crippen molar-refractivity contribution in [2.75, 3.05) is 32.9 Å². The lowest BCUT2D eigenvalue weighted by Crippen LogP contribution is -2.42. The highest BCUT2D eigenvalue weighted by atomic mass is 16.5. The molecule has 5 rings (SSSR count). The number of hydrogen-bond donors (Lipinski definition) is 0. The third-order valence-electron chi connectivity index (χ3n) is 6.45. The zero-order valence-corrected chi connectivity index (χ0v) is 19.3. The predicted molar refractivity (Wildman–Crippen MR) is 131 cm³/mol. The standard InChI is InChI=1S/C28H28N2O4/c1-19-15-21(17-20-7-3-2-4-8-20)27-23(16-19)26(22-9-5-6-10-24(22)29-27)28(32)34-18-25(31)30-11-13-33-14-12-30/h2-10,17,19H,11-16,18H2,1H3. The summed E-state index contributed by atoms with van der Waals surface area (Å²) in [7, 11) is 0. The summed E-state index contributed by atoms with van der Waals surface area (Å²) >= 11 is 0. The highest BCUT2D eigenvalue weighted by molar-refractivity contribution is 6.07. The fourth-order valence-corrected chi connectivity index (χ4v) is 4.82. The smallest absolute Gasteiger partial charge is 0.339 e. The molecular weight excluding hydrogens is 428 g/mol. The third-order valence-corrected chi connectivity index (χ3v) is 6.45. The fraction of sp³-hybridized carbons (Fsp3) is 0.321. The van der Waals surface area contributed by atoms with E-state index in [1.807, 2.05) is 42.5 Å². The van der Waals surface area contributed by atoms with Crippen LogP contribution in [0.3, 0.4) is 0 Å². The highest BCUT2D eigenvalue weighted by Gasteiger charge is 2.29. The molecule has 1 amide bonds. The molecule has 1 aromatic heterocycles. The molecule has 0 bridgehead atoms. The van der Waals surface area contributed by atoms with Crippen LogP contribution < -0.4 is 0 Å². The zero-order chi connectivity index (χ0) is 23.5. The van der Waals surface area contributed by atoms with Crippen molar-refractivity contribution >= 4 is 34.4 Å². The number of amides is 1. The van der Waals surface area contributed by atoms with Gasteiger partial charge in [0.2, 0.25) is 0 Å². The van der Waals surface area contributed by atoms with Gasteiger partial charge >= 0.3 is 5.97 Å². The summed E-state index contributed by atoms with van der Waals surface area (Å²) in [5.74, 6) is -0.307.